The predicted molar refractivity (Wildman–Crippen MR) is 75.2 cm³/mol. The van der Waals surface area contributed by atoms with Crippen LogP contribution in [0.5, 0.6) is 5.75 Å². The zero-order valence-corrected chi connectivity index (χ0v) is 12.2. The van der Waals surface area contributed by atoms with Crippen molar-refractivity contribution < 1.29 is 14.3 Å². The standard InChI is InChI=1S/C13H18BrNO3/c1-9(16)11-7-10(14)8-12(15)13(11)18-6-4-3-5-17-2/h7-8H,3-6,15H2,1-2H3. The van der Waals surface area contributed by atoms with Crippen molar-refractivity contribution in [1.29, 1.82) is 0 Å². The van der Waals surface area contributed by atoms with Crippen molar-refractivity contribution in [3.05, 3.63) is 22.2 Å². The number of hydrogen-bond donors (Lipinski definition) is 1. The van der Waals surface area contributed by atoms with E-state index < -0.39 is 0 Å². The third-order valence-corrected chi connectivity index (χ3v) is 2.91. The molecule has 0 aliphatic rings. The maximum absolute atomic E-state index is 11.5. The number of unbranched alkanes of at least 4 members (excludes halogenated alkanes) is 1. The molecule has 0 atom stereocenters. The van der Waals surface area contributed by atoms with Crippen molar-refractivity contribution in [2.45, 2.75) is 19.8 Å². The van der Waals surface area contributed by atoms with E-state index in [-0.39, 0.29) is 5.78 Å². The van der Waals surface area contributed by atoms with Gasteiger partial charge in [0.15, 0.2) is 11.5 Å². The number of nitrogens with two attached hydrogens (primary N) is 1. The number of ketones is 1. The summed E-state index contributed by atoms with van der Waals surface area (Å²) < 4.78 is 11.3. The van der Waals surface area contributed by atoms with Gasteiger partial charge in [-0.1, -0.05) is 15.9 Å². The van der Waals surface area contributed by atoms with E-state index in [1.165, 1.54) is 6.92 Å². The van der Waals surface area contributed by atoms with Gasteiger partial charge >= 0.3 is 0 Å². The van der Waals surface area contributed by atoms with Gasteiger partial charge in [-0.2, -0.15) is 0 Å². The van der Waals surface area contributed by atoms with Gasteiger partial charge in [0.1, 0.15) is 0 Å². The average Bonchev–Trinajstić information content (AvgIpc) is 2.30. The van der Waals surface area contributed by atoms with E-state index in [9.17, 15) is 4.79 Å². The first-order valence-electron chi connectivity index (χ1n) is 5.78. The molecule has 0 saturated carbocycles. The lowest BCUT2D eigenvalue weighted by molar-refractivity contribution is 0.101. The Morgan fingerprint density at radius 3 is 2.61 bits per heavy atom. The molecule has 1 aromatic carbocycles. The molecule has 0 radical (unpaired) electrons. The second kappa shape index (κ2) is 7.38. The Bertz CT molecular complexity index is 421. The van der Waals surface area contributed by atoms with Crippen LogP contribution in [0, 0.1) is 0 Å². The molecule has 0 saturated heterocycles. The summed E-state index contributed by atoms with van der Waals surface area (Å²) in [6, 6.07) is 3.46. The third kappa shape index (κ3) is 4.31. The lowest BCUT2D eigenvalue weighted by Gasteiger charge is -2.13. The first-order valence-corrected chi connectivity index (χ1v) is 6.57. The van der Waals surface area contributed by atoms with E-state index >= 15 is 0 Å². The Morgan fingerprint density at radius 2 is 2.00 bits per heavy atom. The van der Waals surface area contributed by atoms with Crippen LogP contribution in [0.3, 0.4) is 0 Å². The quantitative estimate of drug-likeness (QED) is 0.477. The summed E-state index contributed by atoms with van der Waals surface area (Å²) in [6.07, 6.45) is 1.78. The third-order valence-electron chi connectivity index (χ3n) is 2.45. The SMILES string of the molecule is COCCCCOc1c(N)cc(Br)cc1C(C)=O. The summed E-state index contributed by atoms with van der Waals surface area (Å²) in [6.45, 7) is 2.73. The van der Waals surface area contributed by atoms with Gasteiger partial charge in [0.05, 0.1) is 17.9 Å². The predicted octanol–water partition coefficient (Wildman–Crippen LogP) is 3.04. The largest absolute Gasteiger partial charge is 0.491 e. The molecule has 4 nitrogen and oxygen atoms in total. The van der Waals surface area contributed by atoms with Crippen LogP contribution < -0.4 is 10.5 Å². The molecule has 100 valence electrons. The number of hydrogen-bond acceptors (Lipinski definition) is 4. The van der Waals surface area contributed by atoms with Crippen LogP contribution in [-0.2, 0) is 4.74 Å². The zero-order chi connectivity index (χ0) is 13.5. The van der Waals surface area contributed by atoms with Crippen LogP contribution >= 0.6 is 15.9 Å². The van der Waals surface area contributed by atoms with E-state index in [0.717, 1.165) is 17.3 Å². The summed E-state index contributed by atoms with van der Waals surface area (Å²) in [5.41, 5.74) is 6.85. The van der Waals surface area contributed by atoms with E-state index in [2.05, 4.69) is 15.9 Å². The number of ether oxygens (including phenoxy) is 2. The molecule has 2 N–H and O–H groups in total. The van der Waals surface area contributed by atoms with Gasteiger partial charge in [0, 0.05) is 18.2 Å². The number of benzene rings is 1. The van der Waals surface area contributed by atoms with Gasteiger partial charge in [-0.15, -0.1) is 0 Å². The molecule has 0 unspecified atom stereocenters. The van der Waals surface area contributed by atoms with Crippen molar-refractivity contribution in [3.63, 3.8) is 0 Å². The minimum absolute atomic E-state index is 0.0603. The molecule has 0 aliphatic heterocycles. The molecule has 18 heavy (non-hydrogen) atoms. The first kappa shape index (κ1) is 15.0. The highest BCUT2D eigenvalue weighted by Gasteiger charge is 2.13. The molecular formula is C13H18BrNO3. The number of rotatable bonds is 7. The summed E-state index contributed by atoms with van der Waals surface area (Å²) in [4.78, 5) is 11.5. The fourth-order valence-electron chi connectivity index (χ4n) is 1.56. The van der Waals surface area contributed by atoms with Crippen molar-refractivity contribution in [3.8, 4) is 5.75 Å². The van der Waals surface area contributed by atoms with Crippen LogP contribution in [0.2, 0.25) is 0 Å². The molecule has 1 rings (SSSR count). The monoisotopic (exact) mass is 315 g/mol. The number of carbonyl (C=O) groups is 1. The Balaban J connectivity index is 2.71. The Labute approximate surface area is 116 Å². The van der Waals surface area contributed by atoms with Crippen LogP contribution in [0.1, 0.15) is 30.1 Å². The maximum Gasteiger partial charge on any atom is 0.163 e. The molecule has 0 aliphatic carbocycles. The van der Waals surface area contributed by atoms with Gasteiger partial charge in [-0.05, 0) is 31.9 Å². The Kier molecular flexibility index (Phi) is 6.15. The van der Waals surface area contributed by atoms with E-state index in [0.29, 0.717) is 30.2 Å². The highest BCUT2D eigenvalue weighted by atomic mass is 79.9. The van der Waals surface area contributed by atoms with E-state index in [4.69, 9.17) is 15.2 Å². The van der Waals surface area contributed by atoms with E-state index in [1.54, 1.807) is 19.2 Å². The minimum atomic E-state index is -0.0603. The Morgan fingerprint density at radius 1 is 1.33 bits per heavy atom. The fraction of sp³-hybridized carbons (Fsp3) is 0.462. The van der Waals surface area contributed by atoms with Gasteiger partial charge in [-0.3, -0.25) is 4.79 Å². The van der Waals surface area contributed by atoms with Crippen molar-refractivity contribution in [1.82, 2.24) is 0 Å². The molecule has 0 fully saturated rings. The first-order chi connectivity index (χ1) is 8.56. The number of Topliss-reactive ketones (excluding diaryl/α,β-unsaturated/α-hetero) is 1. The molecule has 1 aromatic rings. The summed E-state index contributed by atoms with van der Waals surface area (Å²) in [5, 5.41) is 0. The molecule has 0 heterocycles. The van der Waals surface area contributed by atoms with Gasteiger partial charge < -0.3 is 15.2 Å². The molecule has 5 heteroatoms. The second-order valence-electron chi connectivity index (χ2n) is 3.98. The average molecular weight is 316 g/mol. The number of carbonyl (C=O) groups excluding carboxylic acids is 1. The van der Waals surface area contributed by atoms with Gasteiger partial charge in [0.2, 0.25) is 0 Å². The number of methoxy groups -OCH3 is 1. The second-order valence-corrected chi connectivity index (χ2v) is 4.89. The van der Waals surface area contributed by atoms with E-state index in [1.807, 2.05) is 0 Å². The highest BCUT2D eigenvalue weighted by Crippen LogP contribution is 2.31. The minimum Gasteiger partial charge on any atom is -0.491 e. The summed E-state index contributed by atoms with van der Waals surface area (Å²) >= 11 is 3.31. The fourth-order valence-corrected chi connectivity index (χ4v) is 2.04. The summed E-state index contributed by atoms with van der Waals surface area (Å²) in [7, 11) is 1.67. The maximum atomic E-state index is 11.5. The van der Waals surface area contributed by atoms with Crippen molar-refractivity contribution in [2.24, 2.45) is 0 Å². The number of anilines is 1. The molecule has 0 bridgehead atoms. The number of halogens is 1. The smallest absolute Gasteiger partial charge is 0.163 e. The normalized spacial score (nSPS) is 10.4. The molecule has 0 amide bonds. The number of nitrogen functional groups attached to an aromatic ring is 1. The lowest BCUT2D eigenvalue weighted by Crippen LogP contribution is -2.06. The topological polar surface area (TPSA) is 61.6 Å². The lowest BCUT2D eigenvalue weighted by atomic mass is 10.1. The summed E-state index contributed by atoms with van der Waals surface area (Å²) in [5.74, 6) is 0.415. The zero-order valence-electron chi connectivity index (χ0n) is 10.7. The molecular weight excluding hydrogens is 298 g/mol. The van der Waals surface area contributed by atoms with Crippen LogP contribution in [0.15, 0.2) is 16.6 Å². The van der Waals surface area contributed by atoms with Crippen molar-refractivity contribution >= 4 is 27.4 Å². The van der Waals surface area contributed by atoms with Crippen LogP contribution in [-0.4, -0.2) is 26.1 Å². The van der Waals surface area contributed by atoms with Crippen molar-refractivity contribution in [2.75, 3.05) is 26.1 Å². The van der Waals surface area contributed by atoms with Crippen LogP contribution in [0.25, 0.3) is 0 Å². The Hall–Kier alpha value is -1.07. The molecule has 0 aromatic heterocycles. The van der Waals surface area contributed by atoms with Crippen LogP contribution in [0.4, 0.5) is 5.69 Å². The van der Waals surface area contributed by atoms with Gasteiger partial charge in [-0.25, -0.2) is 0 Å². The highest BCUT2D eigenvalue weighted by molar-refractivity contribution is 9.10. The van der Waals surface area contributed by atoms with Gasteiger partial charge in [0.25, 0.3) is 0 Å². The molecule has 0 spiro atoms.